The number of nitrogens with zero attached hydrogens (tertiary/aromatic N) is 4. The molecular weight excluding hydrogens is 508 g/mol. The fourth-order valence-corrected chi connectivity index (χ4v) is 5.56. The molecule has 0 atom stereocenters. The highest BCUT2D eigenvalue weighted by Gasteiger charge is 2.31. The van der Waals surface area contributed by atoms with Crippen molar-refractivity contribution in [2.24, 2.45) is 4.99 Å². The van der Waals surface area contributed by atoms with E-state index in [-0.39, 0.29) is 5.91 Å². The van der Waals surface area contributed by atoms with Crippen molar-refractivity contribution in [2.75, 3.05) is 13.7 Å². The number of aliphatic imine (C=N–C) groups is 1. The molecular formula is C31H26N4O3S. The van der Waals surface area contributed by atoms with Crippen LogP contribution in [0.5, 0.6) is 0 Å². The second-order valence-electron chi connectivity index (χ2n) is 9.01. The van der Waals surface area contributed by atoms with Crippen LogP contribution in [0.1, 0.15) is 39.7 Å². The van der Waals surface area contributed by atoms with Crippen LogP contribution in [-0.2, 0) is 16.1 Å². The first-order chi connectivity index (χ1) is 18.9. The quantitative estimate of drug-likeness (QED) is 0.215. The number of esters is 1. The smallest absolute Gasteiger partial charge is 0.338 e. The minimum Gasteiger partial charge on any atom is -0.462 e. The maximum atomic E-state index is 13.2. The van der Waals surface area contributed by atoms with Gasteiger partial charge < -0.3 is 9.30 Å². The van der Waals surface area contributed by atoms with E-state index in [1.165, 1.54) is 16.7 Å². The van der Waals surface area contributed by atoms with Crippen LogP contribution < -0.4 is 0 Å². The molecule has 0 aliphatic carbocycles. The summed E-state index contributed by atoms with van der Waals surface area (Å²) in [6, 6.07) is 24.8. The summed E-state index contributed by atoms with van der Waals surface area (Å²) in [4.78, 5) is 32.1. The van der Waals surface area contributed by atoms with Gasteiger partial charge in [0.25, 0.3) is 5.91 Å². The molecule has 1 amide bonds. The monoisotopic (exact) mass is 534 g/mol. The molecule has 1 fully saturated rings. The summed E-state index contributed by atoms with van der Waals surface area (Å²) < 4.78 is 7.27. The maximum Gasteiger partial charge on any atom is 0.338 e. The van der Waals surface area contributed by atoms with Crippen LogP contribution in [0.3, 0.4) is 0 Å². The lowest BCUT2D eigenvalue weighted by Gasteiger charge is -2.10. The summed E-state index contributed by atoms with van der Waals surface area (Å²) in [6.45, 7) is 4.63. The highest BCUT2D eigenvalue weighted by Crippen LogP contribution is 2.36. The zero-order valence-corrected chi connectivity index (χ0v) is 22.7. The Kier molecular flexibility index (Phi) is 7.35. The van der Waals surface area contributed by atoms with E-state index >= 15 is 0 Å². The second-order valence-corrected chi connectivity index (χ2v) is 10.0. The van der Waals surface area contributed by atoms with Gasteiger partial charge in [-0.15, -0.1) is 0 Å². The molecule has 0 spiro atoms. The molecule has 4 aromatic rings. The third kappa shape index (κ3) is 5.09. The zero-order valence-electron chi connectivity index (χ0n) is 21.8. The summed E-state index contributed by atoms with van der Waals surface area (Å²) >= 11 is 1.30. The fraction of sp³-hybridized carbons (Fsp3) is 0.161. The molecule has 5 rings (SSSR count). The number of ether oxygens (including phenoxy) is 1. The maximum absolute atomic E-state index is 13.2. The van der Waals surface area contributed by atoms with Crippen molar-refractivity contribution in [1.82, 2.24) is 9.47 Å². The number of para-hydroxylation sites is 1. The molecule has 0 unspecified atom stereocenters. The molecule has 7 nitrogen and oxygen atoms in total. The standard InChI is InChI=1S/C31H26N4O3S/c1-4-38-30(37)21-12-9-13-24(16-21)33-31-34(3)29(36)28(39-31)17-26-20(2)35(27-15-8-7-14-25(26)27)19-23-11-6-5-10-22(23)18-32/h5-17H,4,19H2,1-3H3. The van der Waals surface area contributed by atoms with Crippen LogP contribution in [0, 0.1) is 18.3 Å². The minimum absolute atomic E-state index is 0.147. The number of aromatic nitrogens is 1. The average Bonchev–Trinajstić information content (AvgIpc) is 3.37. The van der Waals surface area contributed by atoms with E-state index in [4.69, 9.17) is 4.74 Å². The zero-order chi connectivity index (χ0) is 27.5. The van der Waals surface area contributed by atoms with Gasteiger partial charge in [0.05, 0.1) is 34.4 Å². The Labute approximate surface area is 231 Å². The molecule has 39 heavy (non-hydrogen) atoms. The van der Waals surface area contributed by atoms with Gasteiger partial charge in [-0.2, -0.15) is 5.26 Å². The molecule has 0 bridgehead atoms. The van der Waals surface area contributed by atoms with Crippen molar-refractivity contribution in [2.45, 2.75) is 20.4 Å². The Morgan fingerprint density at radius 3 is 2.67 bits per heavy atom. The predicted octanol–water partition coefficient (Wildman–Crippen LogP) is 6.28. The SMILES string of the molecule is CCOC(=O)c1cccc(N=C2SC(=Cc3c(C)n(Cc4ccccc4C#N)c4ccccc34)C(=O)N2C)c1. The molecule has 3 aromatic carbocycles. The summed E-state index contributed by atoms with van der Waals surface area (Å²) in [5.74, 6) is -0.556. The number of carbonyl (C=O) groups is 2. The molecule has 0 saturated carbocycles. The predicted molar refractivity (Wildman–Crippen MR) is 155 cm³/mol. The van der Waals surface area contributed by atoms with Crippen molar-refractivity contribution in [1.29, 1.82) is 5.26 Å². The Hall–Kier alpha value is -4.61. The number of benzene rings is 3. The van der Waals surface area contributed by atoms with Gasteiger partial charge in [-0.05, 0) is 67.6 Å². The molecule has 1 saturated heterocycles. The number of likely N-dealkylation sites (N-methyl/N-ethyl adjacent to an activating group) is 1. The van der Waals surface area contributed by atoms with E-state index in [1.807, 2.05) is 55.5 Å². The van der Waals surface area contributed by atoms with Crippen molar-refractivity contribution in [3.63, 3.8) is 0 Å². The number of amidine groups is 1. The first kappa shape index (κ1) is 26.0. The number of carbonyl (C=O) groups excluding carboxylic acids is 2. The second kappa shape index (κ2) is 11.0. The number of nitriles is 1. The van der Waals surface area contributed by atoms with Gasteiger partial charge in [-0.3, -0.25) is 9.69 Å². The van der Waals surface area contributed by atoms with E-state index in [0.717, 1.165) is 27.7 Å². The summed E-state index contributed by atoms with van der Waals surface area (Å²) in [5.41, 5.74) is 5.54. The molecule has 8 heteroatoms. The molecule has 1 aliphatic rings. The fourth-order valence-electron chi connectivity index (χ4n) is 4.59. The minimum atomic E-state index is -0.409. The van der Waals surface area contributed by atoms with Crippen molar-refractivity contribution in [3.05, 3.63) is 106 Å². The number of hydrogen-bond donors (Lipinski definition) is 0. The van der Waals surface area contributed by atoms with E-state index in [1.54, 1.807) is 38.2 Å². The molecule has 1 aliphatic heterocycles. The molecule has 2 heterocycles. The van der Waals surface area contributed by atoms with Crippen LogP contribution in [0.2, 0.25) is 0 Å². The summed E-state index contributed by atoms with van der Waals surface area (Å²) in [5, 5.41) is 11.1. The Balaban J connectivity index is 1.51. The van der Waals surface area contributed by atoms with E-state index in [9.17, 15) is 14.9 Å². The first-order valence-corrected chi connectivity index (χ1v) is 13.3. The lowest BCUT2D eigenvalue weighted by Crippen LogP contribution is -2.23. The van der Waals surface area contributed by atoms with E-state index < -0.39 is 5.97 Å². The first-order valence-electron chi connectivity index (χ1n) is 12.5. The number of rotatable bonds is 6. The van der Waals surface area contributed by atoms with Gasteiger partial charge in [0.2, 0.25) is 0 Å². The summed E-state index contributed by atoms with van der Waals surface area (Å²) in [7, 11) is 1.69. The third-order valence-corrected chi connectivity index (χ3v) is 7.67. The number of amides is 1. The van der Waals surface area contributed by atoms with E-state index in [0.29, 0.717) is 40.0 Å². The lowest BCUT2D eigenvalue weighted by molar-refractivity contribution is -0.121. The van der Waals surface area contributed by atoms with Crippen LogP contribution >= 0.6 is 11.8 Å². The molecule has 0 radical (unpaired) electrons. The highest BCUT2D eigenvalue weighted by atomic mass is 32.2. The lowest BCUT2D eigenvalue weighted by atomic mass is 10.1. The van der Waals surface area contributed by atoms with Gasteiger partial charge in [-0.25, -0.2) is 9.79 Å². The third-order valence-electron chi connectivity index (χ3n) is 6.61. The average molecular weight is 535 g/mol. The normalized spacial score (nSPS) is 15.3. The van der Waals surface area contributed by atoms with Crippen molar-refractivity contribution in [3.8, 4) is 6.07 Å². The Morgan fingerprint density at radius 1 is 1.10 bits per heavy atom. The number of hydrogen-bond acceptors (Lipinski definition) is 6. The molecule has 1 aromatic heterocycles. The molecule has 194 valence electrons. The Morgan fingerprint density at radius 2 is 1.87 bits per heavy atom. The van der Waals surface area contributed by atoms with E-state index in [2.05, 4.69) is 21.7 Å². The van der Waals surface area contributed by atoms with Crippen molar-refractivity contribution >= 4 is 51.5 Å². The molecule has 0 N–H and O–H groups in total. The van der Waals surface area contributed by atoms with Crippen LogP contribution in [-0.4, -0.2) is 40.2 Å². The number of thioether (sulfide) groups is 1. The van der Waals surface area contributed by atoms with Crippen LogP contribution in [0.4, 0.5) is 5.69 Å². The summed E-state index contributed by atoms with van der Waals surface area (Å²) in [6.07, 6.45) is 1.92. The van der Waals surface area contributed by atoms with Crippen LogP contribution in [0.25, 0.3) is 17.0 Å². The van der Waals surface area contributed by atoms with Gasteiger partial charge in [-0.1, -0.05) is 42.5 Å². The van der Waals surface area contributed by atoms with Gasteiger partial charge in [0.1, 0.15) is 0 Å². The van der Waals surface area contributed by atoms with Gasteiger partial charge >= 0.3 is 5.97 Å². The van der Waals surface area contributed by atoms with Crippen LogP contribution in [0.15, 0.2) is 82.7 Å². The van der Waals surface area contributed by atoms with Crippen molar-refractivity contribution < 1.29 is 14.3 Å². The topological polar surface area (TPSA) is 87.7 Å². The number of fused-ring (bicyclic) bond motifs is 1. The Bertz CT molecular complexity index is 1710. The largest absolute Gasteiger partial charge is 0.462 e. The van der Waals surface area contributed by atoms with Gasteiger partial charge in [0, 0.05) is 35.8 Å². The van der Waals surface area contributed by atoms with Gasteiger partial charge in [0.15, 0.2) is 5.17 Å². The highest BCUT2D eigenvalue weighted by molar-refractivity contribution is 8.18.